The minimum absolute atomic E-state index is 0.120. The van der Waals surface area contributed by atoms with Crippen LogP contribution in [0.1, 0.15) is 64.8 Å². The van der Waals surface area contributed by atoms with Crippen molar-refractivity contribution in [1.82, 2.24) is 20.1 Å². The van der Waals surface area contributed by atoms with Gasteiger partial charge in [-0.25, -0.2) is 24.5 Å². The molecule has 2 aliphatic carbocycles. The first kappa shape index (κ1) is 31.3. The fourth-order valence-corrected chi connectivity index (χ4v) is 6.03. The molecule has 0 aromatic carbocycles. The summed E-state index contributed by atoms with van der Waals surface area (Å²) in [6, 6.07) is 3.13. The lowest BCUT2D eigenvalue weighted by Gasteiger charge is -2.29. The summed E-state index contributed by atoms with van der Waals surface area (Å²) in [5.74, 6) is 2.33. The quantitative estimate of drug-likeness (QED) is 0.289. The topological polar surface area (TPSA) is 107 Å². The minimum atomic E-state index is -0.654. The van der Waals surface area contributed by atoms with Gasteiger partial charge in [0.15, 0.2) is 0 Å². The van der Waals surface area contributed by atoms with E-state index in [4.69, 9.17) is 14.6 Å². The Kier molecular flexibility index (Phi) is 9.74. The third-order valence-electron chi connectivity index (χ3n) is 7.60. The lowest BCUT2D eigenvalue weighted by Crippen LogP contribution is -2.51. The van der Waals surface area contributed by atoms with Crippen molar-refractivity contribution >= 4 is 27.8 Å². The molecule has 1 unspecified atom stereocenters. The van der Waals surface area contributed by atoms with E-state index in [1.807, 2.05) is 44.5 Å². The largest absolute Gasteiger partial charge is 0.444 e. The van der Waals surface area contributed by atoms with Crippen LogP contribution in [0.2, 0.25) is 0 Å². The van der Waals surface area contributed by atoms with Crippen molar-refractivity contribution in [3.63, 3.8) is 0 Å². The van der Waals surface area contributed by atoms with E-state index in [1.54, 1.807) is 6.20 Å². The molecular formula is C31H49N5O4S. The van der Waals surface area contributed by atoms with Crippen LogP contribution in [0.15, 0.2) is 18.3 Å². The molecular weight excluding hydrogens is 538 g/mol. The van der Waals surface area contributed by atoms with Crippen LogP contribution in [-0.4, -0.2) is 69.5 Å². The minimum Gasteiger partial charge on any atom is -0.444 e. The molecule has 41 heavy (non-hydrogen) atoms. The van der Waals surface area contributed by atoms with Crippen molar-refractivity contribution in [3.05, 3.63) is 29.7 Å². The van der Waals surface area contributed by atoms with Crippen LogP contribution in [0.25, 0.3) is 11.1 Å². The van der Waals surface area contributed by atoms with E-state index in [0.717, 1.165) is 67.0 Å². The SMILES string of the molecule is CCc1c(-c2ccc(NC(=O)C(NC(=O)OC(C)(C)C)C(C3CC3)C3CC3)nc2)c(C)nn1COCCS(C)(C)C. The molecule has 2 aromatic rings. The van der Waals surface area contributed by atoms with E-state index in [-0.39, 0.29) is 11.8 Å². The molecule has 2 aromatic heterocycles. The zero-order valence-electron chi connectivity index (χ0n) is 26.1. The number of hydrogen-bond donors (Lipinski definition) is 2. The molecule has 9 nitrogen and oxygen atoms in total. The number of aryl methyl sites for hydroxylation is 1. The molecule has 0 bridgehead atoms. The summed E-state index contributed by atoms with van der Waals surface area (Å²) in [7, 11) is -0.599. The van der Waals surface area contributed by atoms with Crippen molar-refractivity contribution in [3.8, 4) is 11.1 Å². The van der Waals surface area contributed by atoms with Gasteiger partial charge in [-0.1, -0.05) is 6.92 Å². The van der Waals surface area contributed by atoms with E-state index >= 15 is 0 Å². The van der Waals surface area contributed by atoms with Gasteiger partial charge in [0.2, 0.25) is 5.91 Å². The first-order valence-electron chi connectivity index (χ1n) is 14.8. The Morgan fingerprint density at radius 2 is 1.78 bits per heavy atom. The Balaban J connectivity index is 1.46. The van der Waals surface area contributed by atoms with Gasteiger partial charge in [-0.05, 0) is 108 Å². The summed E-state index contributed by atoms with van der Waals surface area (Å²) >= 11 is 0. The molecule has 4 rings (SSSR count). The van der Waals surface area contributed by atoms with Crippen molar-refractivity contribution in [2.45, 2.75) is 85.1 Å². The van der Waals surface area contributed by atoms with E-state index in [0.29, 0.717) is 24.4 Å². The molecule has 2 N–H and O–H groups in total. The summed E-state index contributed by atoms with van der Waals surface area (Å²) < 4.78 is 13.4. The molecule has 0 spiro atoms. The van der Waals surface area contributed by atoms with E-state index < -0.39 is 27.8 Å². The third-order valence-corrected chi connectivity index (χ3v) is 8.99. The van der Waals surface area contributed by atoms with E-state index in [2.05, 4.69) is 41.3 Å². The highest BCUT2D eigenvalue weighted by molar-refractivity contribution is 8.32. The maximum atomic E-state index is 13.6. The average molecular weight is 588 g/mol. The first-order chi connectivity index (χ1) is 19.3. The zero-order chi connectivity index (χ0) is 29.9. The number of hydrogen-bond acceptors (Lipinski definition) is 6. The van der Waals surface area contributed by atoms with Gasteiger partial charge < -0.3 is 20.1 Å². The highest BCUT2D eigenvalue weighted by atomic mass is 32.3. The molecule has 2 fully saturated rings. The molecule has 0 radical (unpaired) electrons. The number of carbonyl (C=O) groups excluding carboxylic acids is 2. The monoisotopic (exact) mass is 587 g/mol. The average Bonchev–Trinajstić information content (AvgIpc) is 3.79. The maximum absolute atomic E-state index is 13.6. The second kappa shape index (κ2) is 12.7. The van der Waals surface area contributed by atoms with Crippen LogP contribution in [-0.2, 0) is 27.4 Å². The van der Waals surface area contributed by atoms with Gasteiger partial charge in [0.1, 0.15) is 24.2 Å². The molecule has 228 valence electrons. The maximum Gasteiger partial charge on any atom is 0.408 e. The van der Waals surface area contributed by atoms with Gasteiger partial charge in [-0.3, -0.25) is 4.79 Å². The number of ether oxygens (including phenoxy) is 2. The van der Waals surface area contributed by atoms with Gasteiger partial charge >= 0.3 is 6.09 Å². The number of rotatable bonds is 13. The van der Waals surface area contributed by atoms with Crippen LogP contribution >= 0.6 is 10.0 Å². The zero-order valence-corrected chi connectivity index (χ0v) is 26.9. The number of amides is 2. The molecule has 2 amide bonds. The highest BCUT2D eigenvalue weighted by Crippen LogP contribution is 2.51. The molecule has 0 aliphatic heterocycles. The summed E-state index contributed by atoms with van der Waals surface area (Å²) in [4.78, 5) is 30.8. The summed E-state index contributed by atoms with van der Waals surface area (Å²) in [6.45, 7) is 10.7. The molecule has 10 heteroatoms. The smallest absolute Gasteiger partial charge is 0.408 e. The van der Waals surface area contributed by atoms with Crippen molar-refractivity contribution in [2.75, 3.05) is 36.4 Å². The molecule has 0 saturated heterocycles. The Labute approximate surface area is 246 Å². The van der Waals surface area contributed by atoms with Crippen molar-refractivity contribution in [1.29, 1.82) is 0 Å². The highest BCUT2D eigenvalue weighted by Gasteiger charge is 2.48. The van der Waals surface area contributed by atoms with Gasteiger partial charge in [-0.15, -0.1) is 0 Å². The Morgan fingerprint density at radius 1 is 1.12 bits per heavy atom. The normalized spacial score (nSPS) is 16.9. The lowest BCUT2D eigenvalue weighted by atomic mass is 9.89. The number of carbonyl (C=O) groups is 2. The van der Waals surface area contributed by atoms with Gasteiger partial charge in [0, 0.05) is 28.8 Å². The molecule has 2 saturated carbocycles. The predicted molar refractivity (Wildman–Crippen MR) is 166 cm³/mol. The number of anilines is 1. The first-order valence-corrected chi connectivity index (χ1v) is 17.8. The van der Waals surface area contributed by atoms with E-state index in [1.165, 1.54) is 0 Å². The van der Waals surface area contributed by atoms with Gasteiger partial charge in [0.25, 0.3) is 0 Å². The Morgan fingerprint density at radius 3 is 2.29 bits per heavy atom. The van der Waals surface area contributed by atoms with Crippen molar-refractivity contribution in [2.24, 2.45) is 17.8 Å². The Hall–Kier alpha value is -2.59. The number of nitrogens with zero attached hydrogens (tertiary/aromatic N) is 3. The van der Waals surface area contributed by atoms with Gasteiger partial charge in [0.05, 0.1) is 12.3 Å². The summed E-state index contributed by atoms with van der Waals surface area (Å²) in [5.41, 5.74) is 3.38. The number of aromatic nitrogens is 3. The lowest BCUT2D eigenvalue weighted by molar-refractivity contribution is -0.120. The summed E-state index contributed by atoms with van der Waals surface area (Å²) in [5, 5.41) is 10.6. The standard InChI is InChI=1S/C31H49N5O4S/c1-9-24-26(20(2)35-36(24)19-39-16-17-41(6,7)8)23-14-15-25(32-18-23)33-29(37)28(34-30(38)40-31(3,4)5)27(21-10-11-21)22-12-13-22/h14-15,18,21-22,27-28H,9-13,16-17,19H2,1-8H3,(H,34,38)(H,32,33,37). The van der Waals surface area contributed by atoms with Crippen LogP contribution in [0, 0.1) is 24.7 Å². The number of alkyl carbamates (subject to hydrolysis) is 1. The number of nitrogens with one attached hydrogen (secondary N) is 2. The molecule has 2 aliphatic rings. The van der Waals surface area contributed by atoms with Crippen LogP contribution in [0.5, 0.6) is 0 Å². The summed E-state index contributed by atoms with van der Waals surface area (Å²) in [6.07, 6.45) is 13.3. The fraction of sp³-hybridized carbons (Fsp3) is 0.677. The van der Waals surface area contributed by atoms with Crippen LogP contribution < -0.4 is 10.6 Å². The predicted octanol–water partition coefficient (Wildman–Crippen LogP) is 5.75. The van der Waals surface area contributed by atoms with Crippen LogP contribution in [0.4, 0.5) is 10.6 Å². The van der Waals surface area contributed by atoms with Crippen molar-refractivity contribution < 1.29 is 19.1 Å². The number of pyridine rings is 1. The fourth-order valence-electron chi connectivity index (χ4n) is 5.41. The van der Waals surface area contributed by atoms with Gasteiger partial charge in [-0.2, -0.15) is 5.10 Å². The second-order valence-corrected chi connectivity index (χ2v) is 18.0. The molecule has 1 atom stereocenters. The third kappa shape index (κ3) is 8.95. The Bertz CT molecular complexity index is 1190. The van der Waals surface area contributed by atoms with Crippen LogP contribution in [0.3, 0.4) is 0 Å². The molecule has 2 heterocycles. The second-order valence-electron chi connectivity index (χ2n) is 13.4. The van der Waals surface area contributed by atoms with E-state index in [9.17, 15) is 9.59 Å².